The van der Waals surface area contributed by atoms with E-state index in [0.717, 1.165) is 35.0 Å². The number of rotatable bonds is 4. The third-order valence-corrected chi connectivity index (χ3v) is 6.79. The van der Waals surface area contributed by atoms with Crippen LogP contribution < -0.4 is 5.32 Å². The SMILES string of the molecule is O=C(Nc1cccc(I)c1)c1ccc(F)c(S(=O)(=O)N2CCCCC2)c1. The van der Waals surface area contributed by atoms with Crippen molar-refractivity contribution in [3.63, 3.8) is 0 Å². The fourth-order valence-electron chi connectivity index (χ4n) is 2.86. The topological polar surface area (TPSA) is 66.5 Å². The number of carbonyl (C=O) groups is 1. The highest BCUT2D eigenvalue weighted by molar-refractivity contribution is 14.1. The fourth-order valence-corrected chi connectivity index (χ4v) is 5.01. The largest absolute Gasteiger partial charge is 0.322 e. The molecule has 0 atom stereocenters. The standard InChI is InChI=1S/C18H18FIN2O3S/c19-16-8-7-13(18(23)21-15-6-4-5-14(20)12-15)11-17(16)26(24,25)22-9-2-1-3-10-22/h4-8,11-12H,1-3,9-10H2,(H,21,23). The van der Waals surface area contributed by atoms with Gasteiger partial charge in [-0.2, -0.15) is 4.31 Å². The Balaban J connectivity index is 1.88. The number of hydrogen-bond acceptors (Lipinski definition) is 3. The Morgan fingerprint density at radius 2 is 1.81 bits per heavy atom. The van der Waals surface area contributed by atoms with Gasteiger partial charge in [0.25, 0.3) is 5.91 Å². The van der Waals surface area contributed by atoms with Crippen molar-refractivity contribution < 1.29 is 17.6 Å². The van der Waals surface area contributed by atoms with Crippen LogP contribution in [0.1, 0.15) is 29.6 Å². The number of halogens is 2. The molecule has 3 rings (SSSR count). The van der Waals surface area contributed by atoms with Gasteiger partial charge in [-0.3, -0.25) is 4.79 Å². The Kier molecular flexibility index (Phi) is 5.93. The minimum Gasteiger partial charge on any atom is -0.322 e. The molecular formula is C18H18FIN2O3S. The second kappa shape index (κ2) is 8.01. The molecule has 1 N–H and O–H groups in total. The Morgan fingerprint density at radius 3 is 2.50 bits per heavy atom. The van der Waals surface area contributed by atoms with Crippen molar-refractivity contribution >= 4 is 44.2 Å². The van der Waals surface area contributed by atoms with Crippen molar-refractivity contribution in [2.24, 2.45) is 0 Å². The summed E-state index contributed by atoms with van der Waals surface area (Å²) >= 11 is 2.13. The first-order valence-corrected chi connectivity index (χ1v) is 10.8. The lowest BCUT2D eigenvalue weighted by Gasteiger charge is -2.26. The predicted octanol–water partition coefficient (Wildman–Crippen LogP) is 3.86. The quantitative estimate of drug-likeness (QED) is 0.665. The second-order valence-electron chi connectivity index (χ2n) is 6.07. The average molecular weight is 488 g/mol. The number of nitrogens with zero attached hydrogens (tertiary/aromatic N) is 1. The van der Waals surface area contributed by atoms with Crippen LogP contribution in [0.2, 0.25) is 0 Å². The minimum atomic E-state index is -3.95. The Bertz CT molecular complexity index is 928. The highest BCUT2D eigenvalue weighted by Gasteiger charge is 2.29. The zero-order valence-electron chi connectivity index (χ0n) is 13.9. The molecule has 2 aromatic carbocycles. The molecule has 1 aliphatic rings. The molecule has 26 heavy (non-hydrogen) atoms. The van der Waals surface area contributed by atoms with Gasteiger partial charge in [-0.15, -0.1) is 0 Å². The summed E-state index contributed by atoms with van der Waals surface area (Å²) in [5.74, 6) is -1.33. The Hall–Kier alpha value is -1.52. The van der Waals surface area contributed by atoms with Crippen LogP contribution in [0.15, 0.2) is 47.4 Å². The van der Waals surface area contributed by atoms with E-state index in [1.807, 2.05) is 6.07 Å². The normalized spacial score (nSPS) is 15.6. The summed E-state index contributed by atoms with van der Waals surface area (Å²) in [7, 11) is -3.95. The highest BCUT2D eigenvalue weighted by Crippen LogP contribution is 2.24. The van der Waals surface area contributed by atoms with Crippen LogP contribution in [0, 0.1) is 9.39 Å². The summed E-state index contributed by atoms with van der Waals surface area (Å²) in [5, 5.41) is 2.70. The molecule has 1 saturated heterocycles. The van der Waals surface area contributed by atoms with Crippen LogP contribution in [0.3, 0.4) is 0 Å². The molecule has 1 fully saturated rings. The van der Waals surface area contributed by atoms with Gasteiger partial charge in [0.15, 0.2) is 0 Å². The molecular weight excluding hydrogens is 470 g/mol. The van der Waals surface area contributed by atoms with E-state index in [1.165, 1.54) is 10.4 Å². The van der Waals surface area contributed by atoms with Crippen molar-refractivity contribution in [1.82, 2.24) is 4.31 Å². The first-order valence-electron chi connectivity index (χ1n) is 8.24. The minimum absolute atomic E-state index is 0.0980. The van der Waals surface area contributed by atoms with Crippen LogP contribution in [0.5, 0.6) is 0 Å². The number of anilines is 1. The van der Waals surface area contributed by atoms with Crippen molar-refractivity contribution in [2.45, 2.75) is 24.2 Å². The number of benzene rings is 2. The lowest BCUT2D eigenvalue weighted by Crippen LogP contribution is -2.36. The van der Waals surface area contributed by atoms with Crippen molar-refractivity contribution in [3.8, 4) is 0 Å². The van der Waals surface area contributed by atoms with E-state index in [-0.39, 0.29) is 5.56 Å². The van der Waals surface area contributed by atoms with Gasteiger partial charge >= 0.3 is 0 Å². The maximum atomic E-state index is 14.2. The van der Waals surface area contributed by atoms with E-state index in [9.17, 15) is 17.6 Å². The van der Waals surface area contributed by atoms with Crippen molar-refractivity contribution in [2.75, 3.05) is 18.4 Å². The summed E-state index contributed by atoms with van der Waals surface area (Å²) in [5.41, 5.74) is 0.688. The summed E-state index contributed by atoms with van der Waals surface area (Å²) in [4.78, 5) is 12.0. The van der Waals surface area contributed by atoms with E-state index in [4.69, 9.17) is 0 Å². The van der Waals surface area contributed by atoms with Gasteiger partial charge in [-0.05, 0) is 71.8 Å². The lowest BCUT2D eigenvalue weighted by molar-refractivity contribution is 0.102. The first kappa shape index (κ1) is 19.2. The molecule has 0 unspecified atom stereocenters. The molecule has 8 heteroatoms. The smallest absolute Gasteiger partial charge is 0.255 e. The van der Waals surface area contributed by atoms with Crippen molar-refractivity contribution in [1.29, 1.82) is 0 Å². The van der Waals surface area contributed by atoms with E-state index in [2.05, 4.69) is 27.9 Å². The number of piperidine rings is 1. The number of amides is 1. The van der Waals surface area contributed by atoms with E-state index in [1.54, 1.807) is 18.2 Å². The lowest BCUT2D eigenvalue weighted by atomic mass is 10.2. The van der Waals surface area contributed by atoms with Crippen LogP contribution in [0.4, 0.5) is 10.1 Å². The molecule has 0 radical (unpaired) electrons. The molecule has 0 aliphatic carbocycles. The first-order chi connectivity index (χ1) is 12.4. The van der Waals surface area contributed by atoms with Crippen LogP contribution in [-0.2, 0) is 10.0 Å². The van der Waals surface area contributed by atoms with Gasteiger partial charge in [-0.25, -0.2) is 12.8 Å². The van der Waals surface area contributed by atoms with Crippen molar-refractivity contribution in [3.05, 3.63) is 57.4 Å². The summed E-state index contributed by atoms with van der Waals surface area (Å²) in [6.07, 6.45) is 2.48. The third kappa shape index (κ3) is 4.24. The zero-order chi connectivity index (χ0) is 18.7. The molecule has 0 aromatic heterocycles. The zero-order valence-corrected chi connectivity index (χ0v) is 16.9. The van der Waals surface area contributed by atoms with Gasteiger partial charge in [-0.1, -0.05) is 12.5 Å². The summed E-state index contributed by atoms with van der Waals surface area (Å²) in [6.45, 7) is 0.751. The number of sulfonamides is 1. The highest BCUT2D eigenvalue weighted by atomic mass is 127. The molecule has 0 bridgehead atoms. The second-order valence-corrected chi connectivity index (χ2v) is 9.23. The predicted molar refractivity (Wildman–Crippen MR) is 106 cm³/mol. The van der Waals surface area contributed by atoms with Gasteiger partial charge in [0.2, 0.25) is 10.0 Å². The van der Waals surface area contributed by atoms with Gasteiger partial charge in [0, 0.05) is 27.9 Å². The van der Waals surface area contributed by atoms with Crippen LogP contribution >= 0.6 is 22.6 Å². The molecule has 138 valence electrons. The van der Waals surface area contributed by atoms with Gasteiger partial charge < -0.3 is 5.32 Å². The molecule has 1 aliphatic heterocycles. The molecule has 1 heterocycles. The maximum absolute atomic E-state index is 14.2. The summed E-state index contributed by atoms with van der Waals surface area (Å²) in [6, 6.07) is 10.6. The van der Waals surface area contributed by atoms with Gasteiger partial charge in [0.1, 0.15) is 10.7 Å². The fraction of sp³-hybridized carbons (Fsp3) is 0.278. The van der Waals surface area contributed by atoms with E-state index in [0.29, 0.717) is 18.8 Å². The molecule has 0 spiro atoms. The number of nitrogens with one attached hydrogen (secondary N) is 1. The number of hydrogen-bond donors (Lipinski definition) is 1. The average Bonchev–Trinajstić information content (AvgIpc) is 2.62. The molecule has 1 amide bonds. The van der Waals surface area contributed by atoms with E-state index < -0.39 is 26.6 Å². The monoisotopic (exact) mass is 488 g/mol. The maximum Gasteiger partial charge on any atom is 0.255 e. The van der Waals surface area contributed by atoms with Gasteiger partial charge in [0.05, 0.1) is 0 Å². The summed E-state index contributed by atoms with van der Waals surface area (Å²) < 4.78 is 41.9. The number of carbonyl (C=O) groups excluding carboxylic acids is 1. The Labute approximate surface area is 165 Å². The Morgan fingerprint density at radius 1 is 1.08 bits per heavy atom. The van der Waals surface area contributed by atoms with Crippen LogP contribution in [0.25, 0.3) is 0 Å². The van der Waals surface area contributed by atoms with Crippen LogP contribution in [-0.4, -0.2) is 31.7 Å². The molecule has 2 aromatic rings. The third-order valence-electron chi connectivity index (χ3n) is 4.21. The molecule has 0 saturated carbocycles. The van der Waals surface area contributed by atoms with E-state index >= 15 is 0 Å². The molecule has 5 nitrogen and oxygen atoms in total.